The van der Waals surface area contributed by atoms with E-state index in [9.17, 15) is 4.79 Å². The lowest BCUT2D eigenvalue weighted by Gasteiger charge is -2.10. The van der Waals surface area contributed by atoms with Crippen molar-refractivity contribution < 1.29 is 14.3 Å². The minimum Gasteiger partial charge on any atom is -0.493 e. The Hall–Kier alpha value is -2.61. The predicted octanol–water partition coefficient (Wildman–Crippen LogP) is 2.40. The van der Waals surface area contributed by atoms with E-state index in [1.54, 1.807) is 14.2 Å². The Labute approximate surface area is 149 Å². The van der Waals surface area contributed by atoms with Crippen LogP contribution in [0.5, 0.6) is 11.5 Å². The molecule has 0 saturated heterocycles. The third-order valence-electron chi connectivity index (χ3n) is 4.01. The van der Waals surface area contributed by atoms with Crippen molar-refractivity contribution in [1.29, 1.82) is 0 Å². The van der Waals surface area contributed by atoms with E-state index in [0.29, 0.717) is 29.3 Å². The van der Waals surface area contributed by atoms with E-state index < -0.39 is 0 Å². The quantitative estimate of drug-likeness (QED) is 0.730. The van der Waals surface area contributed by atoms with Gasteiger partial charge in [0.25, 0.3) is 5.91 Å². The molecular formula is C17H20N4O3S. The van der Waals surface area contributed by atoms with E-state index in [4.69, 9.17) is 9.47 Å². The van der Waals surface area contributed by atoms with Crippen molar-refractivity contribution in [1.82, 2.24) is 19.9 Å². The molecule has 0 bridgehead atoms. The van der Waals surface area contributed by atoms with Crippen molar-refractivity contribution in [3.05, 3.63) is 40.2 Å². The van der Waals surface area contributed by atoms with Crippen molar-refractivity contribution in [2.24, 2.45) is 0 Å². The van der Waals surface area contributed by atoms with Crippen LogP contribution in [-0.2, 0) is 6.42 Å². The number of amides is 1. The number of nitrogens with one attached hydrogen (secondary N) is 1. The Kier molecular flexibility index (Phi) is 4.89. The average Bonchev–Trinajstić information content (AvgIpc) is 3.15. The molecule has 2 aromatic heterocycles. The summed E-state index contributed by atoms with van der Waals surface area (Å²) in [5.74, 6) is 2.07. The molecule has 7 nitrogen and oxygen atoms in total. The summed E-state index contributed by atoms with van der Waals surface area (Å²) in [6, 6.07) is 5.75. The molecule has 0 atom stereocenters. The molecule has 8 heteroatoms. The SMILES string of the molecule is COc1ccc(CCNC(=O)c2sc3nnc(C)n3c2C)cc1OC. The number of aromatic nitrogens is 3. The summed E-state index contributed by atoms with van der Waals surface area (Å²) in [6.45, 7) is 4.31. The lowest BCUT2D eigenvalue weighted by Crippen LogP contribution is -2.25. The monoisotopic (exact) mass is 360 g/mol. The Morgan fingerprint density at radius 1 is 1.20 bits per heavy atom. The number of fused-ring (bicyclic) bond motifs is 1. The van der Waals surface area contributed by atoms with Crippen LogP contribution in [0.15, 0.2) is 18.2 Å². The van der Waals surface area contributed by atoms with Gasteiger partial charge in [-0.25, -0.2) is 0 Å². The third-order valence-corrected chi connectivity index (χ3v) is 5.14. The molecule has 0 fully saturated rings. The maximum atomic E-state index is 12.5. The molecule has 3 aromatic rings. The van der Waals surface area contributed by atoms with Crippen LogP contribution in [0.3, 0.4) is 0 Å². The molecule has 0 spiro atoms. The first kappa shape index (κ1) is 17.2. The summed E-state index contributed by atoms with van der Waals surface area (Å²) < 4.78 is 12.4. The van der Waals surface area contributed by atoms with Gasteiger partial charge in [-0.2, -0.15) is 0 Å². The molecule has 0 aliphatic carbocycles. The maximum absolute atomic E-state index is 12.5. The Morgan fingerprint density at radius 3 is 2.64 bits per heavy atom. The highest BCUT2D eigenvalue weighted by atomic mass is 32.1. The first-order chi connectivity index (χ1) is 12.0. The maximum Gasteiger partial charge on any atom is 0.263 e. The fraction of sp³-hybridized carbons (Fsp3) is 0.353. The van der Waals surface area contributed by atoms with E-state index in [-0.39, 0.29) is 5.91 Å². The van der Waals surface area contributed by atoms with Gasteiger partial charge in [0.05, 0.1) is 14.2 Å². The minimum atomic E-state index is -0.0899. The fourth-order valence-electron chi connectivity index (χ4n) is 2.71. The first-order valence-electron chi connectivity index (χ1n) is 7.85. The van der Waals surface area contributed by atoms with Crippen LogP contribution >= 0.6 is 11.3 Å². The van der Waals surface area contributed by atoms with Crippen molar-refractivity contribution in [3.8, 4) is 11.5 Å². The van der Waals surface area contributed by atoms with Crippen LogP contribution in [0.2, 0.25) is 0 Å². The Morgan fingerprint density at radius 2 is 1.96 bits per heavy atom. The van der Waals surface area contributed by atoms with Crippen LogP contribution in [0.4, 0.5) is 0 Å². The van der Waals surface area contributed by atoms with Gasteiger partial charge in [-0.3, -0.25) is 9.20 Å². The molecule has 1 amide bonds. The highest BCUT2D eigenvalue weighted by molar-refractivity contribution is 7.19. The summed E-state index contributed by atoms with van der Waals surface area (Å²) in [6.07, 6.45) is 0.703. The molecular weight excluding hydrogens is 340 g/mol. The second-order valence-corrected chi connectivity index (χ2v) is 6.55. The number of ether oxygens (including phenoxy) is 2. The third kappa shape index (κ3) is 3.30. The summed E-state index contributed by atoms with van der Waals surface area (Å²) in [5.41, 5.74) is 1.93. The number of carbonyl (C=O) groups excluding carboxylic acids is 1. The topological polar surface area (TPSA) is 77.8 Å². The Balaban J connectivity index is 1.65. The van der Waals surface area contributed by atoms with Gasteiger partial charge in [-0.15, -0.1) is 10.2 Å². The summed E-state index contributed by atoms with van der Waals surface area (Å²) >= 11 is 1.35. The fourth-order valence-corrected chi connectivity index (χ4v) is 3.74. The van der Waals surface area contributed by atoms with Gasteiger partial charge in [-0.05, 0) is 38.0 Å². The molecule has 3 rings (SSSR count). The number of carbonyl (C=O) groups is 1. The van der Waals surface area contributed by atoms with Gasteiger partial charge in [0.1, 0.15) is 10.7 Å². The number of hydrogen-bond donors (Lipinski definition) is 1. The average molecular weight is 360 g/mol. The molecule has 0 saturated carbocycles. The van der Waals surface area contributed by atoms with Crippen LogP contribution in [0, 0.1) is 13.8 Å². The lowest BCUT2D eigenvalue weighted by atomic mass is 10.1. The normalized spacial score (nSPS) is 10.9. The van der Waals surface area contributed by atoms with Crippen LogP contribution in [0.1, 0.15) is 26.8 Å². The largest absolute Gasteiger partial charge is 0.493 e. The van der Waals surface area contributed by atoms with E-state index in [0.717, 1.165) is 22.0 Å². The first-order valence-corrected chi connectivity index (χ1v) is 8.67. The van der Waals surface area contributed by atoms with Gasteiger partial charge in [-0.1, -0.05) is 17.4 Å². The standard InChI is InChI=1S/C17H20N4O3S/c1-10-15(25-17-20-19-11(2)21(10)17)16(22)18-8-7-12-5-6-13(23-3)14(9-12)24-4/h5-6,9H,7-8H2,1-4H3,(H,18,22). The van der Waals surface area contributed by atoms with Crippen molar-refractivity contribution in [2.45, 2.75) is 20.3 Å². The highest BCUT2D eigenvalue weighted by Crippen LogP contribution is 2.27. The summed E-state index contributed by atoms with van der Waals surface area (Å²) in [7, 11) is 3.21. The predicted molar refractivity (Wildman–Crippen MR) is 95.9 cm³/mol. The molecule has 2 heterocycles. The summed E-state index contributed by atoms with van der Waals surface area (Å²) in [5, 5.41) is 11.1. The molecule has 0 aliphatic heterocycles. The molecule has 0 unspecified atom stereocenters. The Bertz CT molecular complexity index is 916. The van der Waals surface area contributed by atoms with Crippen LogP contribution < -0.4 is 14.8 Å². The van der Waals surface area contributed by atoms with Crippen LogP contribution in [0.25, 0.3) is 4.96 Å². The number of methoxy groups -OCH3 is 2. The molecule has 0 aliphatic rings. The van der Waals surface area contributed by atoms with E-state index >= 15 is 0 Å². The minimum absolute atomic E-state index is 0.0899. The van der Waals surface area contributed by atoms with Crippen molar-refractivity contribution in [2.75, 3.05) is 20.8 Å². The smallest absolute Gasteiger partial charge is 0.263 e. The van der Waals surface area contributed by atoms with Gasteiger partial charge in [0, 0.05) is 12.2 Å². The highest BCUT2D eigenvalue weighted by Gasteiger charge is 2.18. The zero-order chi connectivity index (χ0) is 18.0. The van der Waals surface area contributed by atoms with Gasteiger partial charge in [0.15, 0.2) is 11.5 Å². The zero-order valence-electron chi connectivity index (χ0n) is 14.6. The number of nitrogens with zero attached hydrogens (tertiary/aromatic N) is 3. The second-order valence-electron chi connectivity index (χ2n) is 5.58. The molecule has 132 valence electrons. The van der Waals surface area contributed by atoms with Crippen LogP contribution in [-0.4, -0.2) is 41.3 Å². The number of rotatable bonds is 6. The second kappa shape index (κ2) is 7.10. The van der Waals surface area contributed by atoms with Crippen molar-refractivity contribution >= 4 is 22.2 Å². The van der Waals surface area contributed by atoms with E-state index in [2.05, 4.69) is 15.5 Å². The lowest BCUT2D eigenvalue weighted by molar-refractivity contribution is 0.0957. The number of thiazole rings is 1. The van der Waals surface area contributed by atoms with Crippen molar-refractivity contribution in [3.63, 3.8) is 0 Å². The van der Waals surface area contributed by atoms with E-state index in [1.165, 1.54) is 11.3 Å². The van der Waals surface area contributed by atoms with Gasteiger partial charge >= 0.3 is 0 Å². The van der Waals surface area contributed by atoms with Gasteiger partial charge < -0.3 is 14.8 Å². The zero-order valence-corrected chi connectivity index (χ0v) is 15.4. The molecule has 0 radical (unpaired) electrons. The number of benzene rings is 1. The number of hydrogen-bond acceptors (Lipinski definition) is 6. The van der Waals surface area contributed by atoms with E-state index in [1.807, 2.05) is 36.4 Å². The molecule has 1 N–H and O–H groups in total. The van der Waals surface area contributed by atoms with Gasteiger partial charge in [0.2, 0.25) is 4.96 Å². The molecule has 1 aromatic carbocycles. The molecule has 25 heavy (non-hydrogen) atoms. The number of aryl methyl sites for hydroxylation is 2. The summed E-state index contributed by atoms with van der Waals surface area (Å²) in [4.78, 5) is 13.9.